The maximum absolute atomic E-state index is 5.85. The molecule has 0 saturated heterocycles. The Hall–Kier alpha value is -3.14. The summed E-state index contributed by atoms with van der Waals surface area (Å²) in [5, 5.41) is 11.2. The van der Waals surface area contributed by atoms with E-state index in [2.05, 4.69) is 50.8 Å². The number of aliphatic imine (C=N–C) groups is 1. The fraction of sp³-hybridized carbons (Fsp3) is 0.208. The molecule has 2 aromatic heterocycles. The van der Waals surface area contributed by atoms with Gasteiger partial charge in [-0.3, -0.25) is 4.99 Å². The molecule has 0 fully saturated rings. The van der Waals surface area contributed by atoms with Crippen LogP contribution in [0.15, 0.2) is 76.3 Å². The first-order chi connectivity index (χ1) is 15.1. The first-order valence-electron chi connectivity index (χ1n) is 10.2. The molecule has 4 rings (SSSR count). The van der Waals surface area contributed by atoms with Crippen LogP contribution in [0.5, 0.6) is 0 Å². The third-order valence-corrected chi connectivity index (χ3v) is 4.92. The second kappa shape index (κ2) is 10.9. The lowest BCUT2D eigenvalue weighted by Gasteiger charge is -2.14. The van der Waals surface area contributed by atoms with Crippen molar-refractivity contribution in [3.05, 3.63) is 89.7 Å². The van der Waals surface area contributed by atoms with Gasteiger partial charge >= 0.3 is 0 Å². The molecule has 4 aromatic rings. The summed E-state index contributed by atoms with van der Waals surface area (Å²) in [4.78, 5) is 8.67. The third kappa shape index (κ3) is 5.56. The lowest BCUT2D eigenvalue weighted by molar-refractivity contribution is 0.497. The zero-order valence-electron chi connectivity index (χ0n) is 18.4. The summed E-state index contributed by atoms with van der Waals surface area (Å²) in [6.45, 7) is 5.10. The van der Waals surface area contributed by atoms with Crippen molar-refractivity contribution in [2.75, 3.05) is 7.05 Å². The molecule has 0 spiro atoms. The van der Waals surface area contributed by atoms with E-state index < -0.39 is 0 Å². The highest BCUT2D eigenvalue weighted by atomic mass is 127. The number of aryl methyl sites for hydroxylation is 2. The first-order valence-corrected chi connectivity index (χ1v) is 10.2. The van der Waals surface area contributed by atoms with Crippen molar-refractivity contribution in [1.82, 2.24) is 25.4 Å². The van der Waals surface area contributed by atoms with Crippen LogP contribution in [0.3, 0.4) is 0 Å². The number of halogens is 1. The van der Waals surface area contributed by atoms with Crippen LogP contribution in [-0.4, -0.2) is 27.8 Å². The van der Waals surface area contributed by atoms with Gasteiger partial charge in [0, 0.05) is 24.8 Å². The molecule has 8 heteroatoms. The molecule has 2 aromatic carbocycles. The lowest BCUT2D eigenvalue weighted by Crippen LogP contribution is -2.36. The van der Waals surface area contributed by atoms with Gasteiger partial charge in [0.1, 0.15) is 0 Å². The molecule has 2 N–H and O–H groups in total. The van der Waals surface area contributed by atoms with E-state index in [1.54, 1.807) is 13.2 Å². The lowest BCUT2D eigenvalue weighted by atomic mass is 10.1. The number of para-hydroxylation sites is 1. The number of guanidine groups is 1. The predicted octanol–water partition coefficient (Wildman–Crippen LogP) is 4.63. The van der Waals surface area contributed by atoms with Gasteiger partial charge in [-0.25, -0.2) is 9.67 Å². The van der Waals surface area contributed by atoms with E-state index in [0.29, 0.717) is 24.9 Å². The Labute approximate surface area is 205 Å². The summed E-state index contributed by atoms with van der Waals surface area (Å²) < 4.78 is 7.82. The van der Waals surface area contributed by atoms with E-state index >= 15 is 0 Å². The highest BCUT2D eigenvalue weighted by Gasteiger charge is 2.10. The van der Waals surface area contributed by atoms with E-state index in [-0.39, 0.29) is 24.0 Å². The Morgan fingerprint density at radius 3 is 2.44 bits per heavy atom. The summed E-state index contributed by atoms with van der Waals surface area (Å²) in [5.41, 5.74) is 5.28. The second-order valence-corrected chi connectivity index (χ2v) is 7.23. The minimum absolute atomic E-state index is 0. The number of nitrogens with one attached hydrogen (secondary N) is 2. The van der Waals surface area contributed by atoms with Crippen LogP contribution in [-0.2, 0) is 13.1 Å². The second-order valence-electron chi connectivity index (χ2n) is 7.23. The number of oxazole rings is 1. The molecule has 166 valence electrons. The Balaban J connectivity index is 0.00000289. The van der Waals surface area contributed by atoms with Crippen molar-refractivity contribution in [3.63, 3.8) is 0 Å². The summed E-state index contributed by atoms with van der Waals surface area (Å²) in [6.07, 6.45) is 1.74. The number of hydrogen-bond acceptors (Lipinski definition) is 4. The van der Waals surface area contributed by atoms with Crippen molar-refractivity contribution in [1.29, 1.82) is 0 Å². The maximum atomic E-state index is 5.85. The highest BCUT2D eigenvalue weighted by molar-refractivity contribution is 14.0. The van der Waals surface area contributed by atoms with Crippen molar-refractivity contribution >= 4 is 29.9 Å². The number of hydrogen-bond donors (Lipinski definition) is 2. The predicted molar refractivity (Wildman–Crippen MR) is 137 cm³/mol. The molecule has 0 bridgehead atoms. The Morgan fingerprint density at radius 1 is 1.00 bits per heavy atom. The molecule has 7 nitrogen and oxygen atoms in total. The van der Waals surface area contributed by atoms with Crippen LogP contribution in [0, 0.1) is 13.8 Å². The standard InChI is InChI=1S/C24H26N6O.HI/c1-17-13-18(2)30(29-17)21-12-8-7-11-20(21)14-27-24(25-3)28-16-23-26-15-22(31-23)19-9-5-4-6-10-19;/h4-13,15H,14,16H2,1-3H3,(H2,25,27,28);1H. The van der Waals surface area contributed by atoms with Crippen LogP contribution in [0.2, 0.25) is 0 Å². The van der Waals surface area contributed by atoms with Crippen LogP contribution in [0.1, 0.15) is 22.8 Å². The van der Waals surface area contributed by atoms with Crippen LogP contribution in [0.4, 0.5) is 0 Å². The summed E-state index contributed by atoms with van der Waals surface area (Å²) in [5.74, 6) is 2.02. The molecule has 0 unspecified atom stereocenters. The average molecular weight is 542 g/mol. The number of aromatic nitrogens is 3. The third-order valence-electron chi connectivity index (χ3n) is 4.92. The average Bonchev–Trinajstić information content (AvgIpc) is 3.40. The van der Waals surface area contributed by atoms with Gasteiger partial charge in [-0.2, -0.15) is 5.10 Å². The summed E-state index contributed by atoms with van der Waals surface area (Å²) >= 11 is 0. The van der Waals surface area contributed by atoms with Gasteiger partial charge in [0.2, 0.25) is 5.89 Å². The maximum Gasteiger partial charge on any atom is 0.214 e. The quantitative estimate of drug-likeness (QED) is 0.211. The van der Waals surface area contributed by atoms with E-state index in [1.165, 1.54) is 0 Å². The molecule has 0 radical (unpaired) electrons. The van der Waals surface area contributed by atoms with E-state index in [0.717, 1.165) is 34.0 Å². The van der Waals surface area contributed by atoms with Crippen LogP contribution < -0.4 is 10.6 Å². The molecule has 0 aliphatic carbocycles. The van der Waals surface area contributed by atoms with Gasteiger partial charge < -0.3 is 15.1 Å². The summed E-state index contributed by atoms with van der Waals surface area (Å²) in [7, 11) is 1.74. The van der Waals surface area contributed by atoms with Gasteiger partial charge in [0.25, 0.3) is 0 Å². The topological polar surface area (TPSA) is 80.3 Å². The number of nitrogens with zero attached hydrogens (tertiary/aromatic N) is 4. The molecule has 2 heterocycles. The zero-order valence-corrected chi connectivity index (χ0v) is 20.7. The Bertz CT molecular complexity index is 1180. The van der Waals surface area contributed by atoms with Crippen LogP contribution >= 0.6 is 24.0 Å². The van der Waals surface area contributed by atoms with Crippen molar-refractivity contribution in [2.45, 2.75) is 26.9 Å². The monoisotopic (exact) mass is 542 g/mol. The van der Waals surface area contributed by atoms with Gasteiger partial charge in [-0.05, 0) is 31.5 Å². The zero-order chi connectivity index (χ0) is 21.6. The minimum atomic E-state index is 0. The summed E-state index contributed by atoms with van der Waals surface area (Å²) in [6, 6.07) is 20.2. The molecule has 0 aliphatic rings. The number of benzene rings is 2. The largest absolute Gasteiger partial charge is 0.439 e. The Morgan fingerprint density at radius 2 is 1.72 bits per heavy atom. The smallest absolute Gasteiger partial charge is 0.214 e. The highest BCUT2D eigenvalue weighted by Crippen LogP contribution is 2.20. The minimum Gasteiger partial charge on any atom is -0.439 e. The van der Waals surface area contributed by atoms with Gasteiger partial charge in [0.05, 0.1) is 24.1 Å². The fourth-order valence-corrected chi connectivity index (χ4v) is 3.43. The van der Waals surface area contributed by atoms with Crippen molar-refractivity contribution in [3.8, 4) is 17.0 Å². The van der Waals surface area contributed by atoms with Gasteiger partial charge in [-0.15, -0.1) is 24.0 Å². The molecule has 0 aliphatic heterocycles. The normalized spacial score (nSPS) is 11.2. The van der Waals surface area contributed by atoms with Crippen molar-refractivity contribution in [2.24, 2.45) is 4.99 Å². The molecule has 0 atom stereocenters. The van der Waals surface area contributed by atoms with E-state index in [1.807, 2.05) is 54.1 Å². The molecule has 32 heavy (non-hydrogen) atoms. The molecule has 0 saturated carbocycles. The fourth-order valence-electron chi connectivity index (χ4n) is 3.43. The van der Waals surface area contributed by atoms with Gasteiger partial charge in [0.15, 0.2) is 11.7 Å². The van der Waals surface area contributed by atoms with Gasteiger partial charge in [-0.1, -0.05) is 48.5 Å². The van der Waals surface area contributed by atoms with E-state index in [4.69, 9.17) is 4.42 Å². The Kier molecular flexibility index (Phi) is 8.04. The SMILES string of the molecule is CN=C(NCc1ncc(-c2ccccc2)o1)NCc1ccccc1-n1nc(C)cc1C.I. The molecular weight excluding hydrogens is 515 g/mol. The molecule has 0 amide bonds. The van der Waals surface area contributed by atoms with Crippen molar-refractivity contribution < 1.29 is 4.42 Å². The van der Waals surface area contributed by atoms with Crippen LogP contribution in [0.25, 0.3) is 17.0 Å². The van der Waals surface area contributed by atoms with E-state index in [9.17, 15) is 0 Å². The molecular formula is C24H27IN6O. The first kappa shape index (κ1) is 23.5. The number of rotatable bonds is 6.